The number of halogens is 3. The molecule has 0 spiro atoms. The van der Waals surface area contributed by atoms with Crippen molar-refractivity contribution in [3.8, 4) is 0 Å². The maximum atomic E-state index is 11.7. The summed E-state index contributed by atoms with van der Waals surface area (Å²) in [7, 11) is -9.30. The summed E-state index contributed by atoms with van der Waals surface area (Å²) >= 11 is 0. The Morgan fingerprint density at radius 3 is 1.83 bits per heavy atom. The molecular formula is C6H12F3O7PS. The van der Waals surface area contributed by atoms with Gasteiger partial charge in [-0.1, -0.05) is 0 Å². The second-order valence-corrected chi connectivity index (χ2v) is 5.80. The van der Waals surface area contributed by atoms with Crippen LogP contribution < -0.4 is 0 Å². The highest BCUT2D eigenvalue weighted by molar-refractivity contribution is 7.86. The van der Waals surface area contributed by atoms with Gasteiger partial charge in [0.05, 0.1) is 13.2 Å². The lowest BCUT2D eigenvalue weighted by molar-refractivity contribution is -0.272. The van der Waals surface area contributed by atoms with Gasteiger partial charge in [-0.2, -0.15) is 12.6 Å². The Bertz CT molecular complexity index is 382. The predicted octanol–water partition coefficient (Wildman–Crippen LogP) is 2.01. The van der Waals surface area contributed by atoms with Crippen molar-refractivity contribution in [3.05, 3.63) is 0 Å². The number of phosphoric ester groups is 1. The van der Waals surface area contributed by atoms with Crippen molar-refractivity contribution >= 4 is 17.9 Å². The molecule has 0 heterocycles. The van der Waals surface area contributed by atoms with E-state index in [-0.39, 0.29) is 13.2 Å². The van der Waals surface area contributed by atoms with Gasteiger partial charge in [0.25, 0.3) is 10.1 Å². The van der Waals surface area contributed by atoms with Crippen LogP contribution in [0.1, 0.15) is 13.8 Å². The Morgan fingerprint density at radius 2 is 1.50 bits per heavy atom. The first-order valence-corrected chi connectivity index (χ1v) is 7.61. The molecule has 0 radical (unpaired) electrons. The standard InChI is InChI=1S/C6H12F3O7PS/c1-3-13-17(10,14-4-2)15-5-18(11,12)16-6(7,8)9/h3-5H2,1-2H3. The summed E-state index contributed by atoms with van der Waals surface area (Å²) in [4.78, 5) is 0. The molecule has 0 N–H and O–H groups in total. The minimum atomic E-state index is -5.39. The van der Waals surface area contributed by atoms with Crippen LogP contribution in [0.25, 0.3) is 0 Å². The second-order valence-electron chi connectivity index (χ2n) is 2.62. The topological polar surface area (TPSA) is 88.1 Å². The lowest BCUT2D eigenvalue weighted by atomic mass is 10.9. The van der Waals surface area contributed by atoms with Crippen LogP contribution in [0.15, 0.2) is 0 Å². The zero-order valence-corrected chi connectivity index (χ0v) is 11.2. The normalized spacial score (nSPS) is 13.8. The average Bonchev–Trinajstić information content (AvgIpc) is 2.12. The van der Waals surface area contributed by atoms with Gasteiger partial charge < -0.3 is 0 Å². The Labute approximate surface area is 102 Å². The highest BCUT2D eigenvalue weighted by atomic mass is 32.2. The third-order valence-corrected chi connectivity index (χ3v) is 3.77. The summed E-state index contributed by atoms with van der Waals surface area (Å²) in [5.41, 5.74) is 0. The second kappa shape index (κ2) is 6.83. The molecule has 0 aliphatic rings. The summed E-state index contributed by atoms with van der Waals surface area (Å²) in [6.07, 6.45) is -5.39. The van der Waals surface area contributed by atoms with E-state index in [9.17, 15) is 26.2 Å². The first kappa shape index (κ1) is 17.8. The molecule has 0 unspecified atom stereocenters. The van der Waals surface area contributed by atoms with Gasteiger partial charge in [-0.3, -0.25) is 13.6 Å². The lowest BCUT2D eigenvalue weighted by Gasteiger charge is -2.16. The van der Waals surface area contributed by atoms with Crippen molar-refractivity contribution in [1.82, 2.24) is 0 Å². The molecule has 0 aliphatic heterocycles. The van der Waals surface area contributed by atoms with Gasteiger partial charge in [-0.05, 0) is 13.8 Å². The van der Waals surface area contributed by atoms with Gasteiger partial charge in [-0.15, -0.1) is 13.2 Å². The number of alkyl halides is 3. The first-order valence-electron chi connectivity index (χ1n) is 4.57. The van der Waals surface area contributed by atoms with E-state index in [1.807, 2.05) is 0 Å². The SMILES string of the molecule is CCOP(=O)(OCC)OCS(=O)(=O)OC(F)(F)F. The van der Waals surface area contributed by atoms with Crippen LogP contribution in [-0.2, 0) is 32.4 Å². The fourth-order valence-corrected chi connectivity index (χ4v) is 2.95. The van der Waals surface area contributed by atoms with E-state index in [0.29, 0.717) is 0 Å². The monoisotopic (exact) mass is 316 g/mol. The smallest absolute Gasteiger partial charge is 0.287 e. The lowest BCUT2D eigenvalue weighted by Crippen LogP contribution is -2.23. The number of hydrogen-bond acceptors (Lipinski definition) is 7. The number of phosphoric acid groups is 1. The van der Waals surface area contributed by atoms with Crippen molar-refractivity contribution in [1.29, 1.82) is 0 Å². The number of rotatable bonds is 8. The highest BCUT2D eigenvalue weighted by Gasteiger charge is 2.38. The van der Waals surface area contributed by atoms with Crippen LogP contribution >= 0.6 is 7.82 Å². The maximum Gasteiger partial charge on any atom is 0.537 e. The van der Waals surface area contributed by atoms with Crippen molar-refractivity contribution < 1.29 is 43.9 Å². The molecule has 0 atom stereocenters. The molecule has 0 aromatic carbocycles. The third kappa shape index (κ3) is 8.01. The Kier molecular flexibility index (Phi) is 6.75. The molecule has 110 valence electrons. The van der Waals surface area contributed by atoms with Gasteiger partial charge in [0, 0.05) is 0 Å². The van der Waals surface area contributed by atoms with Crippen molar-refractivity contribution in [2.75, 3.05) is 19.2 Å². The van der Waals surface area contributed by atoms with E-state index < -0.39 is 30.2 Å². The molecule has 7 nitrogen and oxygen atoms in total. The summed E-state index contributed by atoms with van der Waals surface area (Å²) in [5, 5.41) is 0. The summed E-state index contributed by atoms with van der Waals surface area (Å²) in [5.74, 6) is -1.61. The fourth-order valence-electron chi connectivity index (χ4n) is 0.725. The Morgan fingerprint density at radius 1 is 1.06 bits per heavy atom. The average molecular weight is 316 g/mol. The van der Waals surface area contributed by atoms with E-state index in [4.69, 9.17) is 0 Å². The minimum absolute atomic E-state index is 0.141. The Hall–Kier alpha value is -0.190. The van der Waals surface area contributed by atoms with Crippen LogP contribution in [0.2, 0.25) is 0 Å². The molecule has 0 fully saturated rings. The fraction of sp³-hybridized carbons (Fsp3) is 1.00. The van der Waals surface area contributed by atoms with Gasteiger partial charge in [0.15, 0.2) is 5.94 Å². The van der Waals surface area contributed by atoms with Crippen molar-refractivity contribution in [3.63, 3.8) is 0 Å². The molecule has 0 bridgehead atoms. The molecule has 12 heteroatoms. The van der Waals surface area contributed by atoms with Gasteiger partial charge in [0.2, 0.25) is 0 Å². The number of hydrogen-bond donors (Lipinski definition) is 0. The largest absolute Gasteiger partial charge is 0.537 e. The predicted molar refractivity (Wildman–Crippen MR) is 52.9 cm³/mol. The zero-order valence-electron chi connectivity index (χ0n) is 9.47. The molecule has 18 heavy (non-hydrogen) atoms. The molecule has 0 saturated heterocycles. The van der Waals surface area contributed by atoms with Crippen molar-refractivity contribution in [2.24, 2.45) is 0 Å². The van der Waals surface area contributed by atoms with Crippen LogP contribution in [0.4, 0.5) is 13.2 Å². The van der Waals surface area contributed by atoms with Gasteiger partial charge in [0.1, 0.15) is 0 Å². The molecule has 0 aliphatic carbocycles. The summed E-state index contributed by atoms with van der Waals surface area (Å²) in [6.45, 7) is 2.54. The molecule has 0 aromatic rings. The van der Waals surface area contributed by atoms with Crippen molar-refractivity contribution in [2.45, 2.75) is 20.2 Å². The summed E-state index contributed by atoms with van der Waals surface area (Å²) in [6, 6.07) is 0. The molecular weight excluding hydrogens is 304 g/mol. The van der Waals surface area contributed by atoms with E-state index in [0.717, 1.165) is 0 Å². The quantitative estimate of drug-likeness (QED) is 0.500. The van der Waals surface area contributed by atoms with Crippen LogP contribution in [0.3, 0.4) is 0 Å². The highest BCUT2D eigenvalue weighted by Crippen LogP contribution is 2.49. The van der Waals surface area contributed by atoms with E-state index in [2.05, 4.69) is 17.8 Å². The van der Waals surface area contributed by atoms with Crippen LogP contribution in [0.5, 0.6) is 0 Å². The minimum Gasteiger partial charge on any atom is -0.287 e. The molecule has 0 aromatic heterocycles. The summed E-state index contributed by atoms with van der Waals surface area (Å²) < 4.78 is 84.2. The van der Waals surface area contributed by atoms with E-state index in [1.54, 1.807) is 0 Å². The third-order valence-electron chi connectivity index (χ3n) is 1.15. The zero-order chi connectivity index (χ0) is 14.4. The van der Waals surface area contributed by atoms with Crippen LogP contribution in [-0.4, -0.2) is 33.9 Å². The van der Waals surface area contributed by atoms with E-state index >= 15 is 0 Å². The van der Waals surface area contributed by atoms with Gasteiger partial charge >= 0.3 is 14.2 Å². The Balaban J connectivity index is 4.57. The van der Waals surface area contributed by atoms with Crippen LogP contribution in [0, 0.1) is 0 Å². The molecule has 0 rings (SSSR count). The first-order chi connectivity index (χ1) is 8.04. The van der Waals surface area contributed by atoms with Gasteiger partial charge in [-0.25, -0.2) is 4.57 Å². The molecule has 0 saturated carbocycles. The molecule has 0 amide bonds. The van der Waals surface area contributed by atoms with E-state index in [1.165, 1.54) is 13.8 Å². The maximum absolute atomic E-state index is 11.7.